The molecule has 1 rings (SSSR count). The molecule has 1 atom stereocenters. The van der Waals surface area contributed by atoms with Gasteiger partial charge in [0.1, 0.15) is 11.4 Å². The van der Waals surface area contributed by atoms with Crippen LogP contribution < -0.4 is 11.1 Å². The van der Waals surface area contributed by atoms with Gasteiger partial charge in [-0.05, 0) is 24.5 Å². The Balaban J connectivity index is 2.75. The number of rotatable bonds is 6. The van der Waals surface area contributed by atoms with Gasteiger partial charge < -0.3 is 20.8 Å². The van der Waals surface area contributed by atoms with Gasteiger partial charge in [0.25, 0.3) is 5.91 Å². The summed E-state index contributed by atoms with van der Waals surface area (Å²) in [5.41, 5.74) is 4.65. The first-order chi connectivity index (χ1) is 9.31. The molecule has 1 aromatic heterocycles. The number of amides is 2. The van der Waals surface area contributed by atoms with E-state index >= 15 is 0 Å². The molecule has 0 aliphatic rings. The molecule has 0 radical (unpaired) electrons. The molecule has 20 heavy (non-hydrogen) atoms. The number of anilines is 1. The smallest absolute Gasteiger partial charge is 0.267 e. The van der Waals surface area contributed by atoms with Crippen LogP contribution in [-0.4, -0.2) is 32.2 Å². The Kier molecular flexibility index (Phi) is 6.01. The number of pyridine rings is 1. The van der Waals surface area contributed by atoms with E-state index in [1.165, 1.54) is 18.3 Å². The van der Waals surface area contributed by atoms with Gasteiger partial charge in [-0.15, -0.1) is 0 Å². The number of primary amides is 1. The second-order valence-corrected chi connectivity index (χ2v) is 6.02. The highest BCUT2D eigenvalue weighted by Gasteiger charge is 2.27. The van der Waals surface area contributed by atoms with Crippen molar-refractivity contribution in [3.05, 3.63) is 24.0 Å². The summed E-state index contributed by atoms with van der Waals surface area (Å²) < 4.78 is 0. The van der Waals surface area contributed by atoms with Crippen molar-refractivity contribution in [2.24, 2.45) is 11.7 Å². The predicted molar refractivity (Wildman–Crippen MR) is 76.0 cm³/mol. The topological polar surface area (TPSA) is 126 Å². The van der Waals surface area contributed by atoms with Gasteiger partial charge in [0, 0.05) is 0 Å². The minimum absolute atomic E-state index is 0.0910. The van der Waals surface area contributed by atoms with E-state index < -0.39 is 25.8 Å². The molecule has 8 heteroatoms. The van der Waals surface area contributed by atoms with Crippen molar-refractivity contribution in [3.63, 3.8) is 0 Å². The number of aromatic nitrogens is 1. The quantitative estimate of drug-likeness (QED) is 0.579. The number of nitrogens with one attached hydrogen (secondary N) is 1. The number of hydrogen-bond acceptors (Lipinski definition) is 5. The third-order valence-corrected chi connectivity index (χ3v) is 3.56. The standard InChI is InChI=1S/C12H18N3O4P/c1-7(2)5-10(20(18)19)12(17)15-8-3-4-9(11(13)16)14-6-8/h3-4,6-7,10,18-19H,5H2,1-2H3,(H2,13,16)(H,15,17). The van der Waals surface area contributed by atoms with Gasteiger partial charge in [-0.2, -0.15) is 0 Å². The number of nitrogens with two attached hydrogens (primary N) is 1. The zero-order valence-electron chi connectivity index (χ0n) is 11.3. The van der Waals surface area contributed by atoms with Crippen LogP contribution in [0.5, 0.6) is 0 Å². The maximum atomic E-state index is 12.0. The summed E-state index contributed by atoms with van der Waals surface area (Å²) in [7, 11) is -2.36. The molecule has 1 unspecified atom stereocenters. The van der Waals surface area contributed by atoms with Gasteiger partial charge in [0.2, 0.25) is 5.91 Å². The molecule has 1 aromatic rings. The van der Waals surface area contributed by atoms with Crippen LogP contribution in [0.4, 0.5) is 5.69 Å². The van der Waals surface area contributed by atoms with Gasteiger partial charge >= 0.3 is 0 Å². The number of hydrogen-bond donors (Lipinski definition) is 4. The molecular formula is C12H18N3O4P. The summed E-state index contributed by atoms with van der Waals surface area (Å²) in [6.45, 7) is 3.78. The molecule has 7 nitrogen and oxygen atoms in total. The highest BCUT2D eigenvalue weighted by Crippen LogP contribution is 2.35. The highest BCUT2D eigenvalue weighted by molar-refractivity contribution is 7.47. The number of carbonyl (C=O) groups is 2. The van der Waals surface area contributed by atoms with Gasteiger partial charge in [-0.3, -0.25) is 9.59 Å². The molecule has 0 saturated carbocycles. The second-order valence-electron chi connectivity index (χ2n) is 4.75. The van der Waals surface area contributed by atoms with E-state index in [2.05, 4.69) is 10.3 Å². The Morgan fingerprint density at radius 1 is 1.40 bits per heavy atom. The molecule has 1 heterocycles. The van der Waals surface area contributed by atoms with Crippen molar-refractivity contribution >= 4 is 25.9 Å². The minimum Gasteiger partial charge on any atom is -0.364 e. The lowest BCUT2D eigenvalue weighted by atomic mass is 10.1. The fourth-order valence-corrected chi connectivity index (χ4v) is 2.48. The maximum Gasteiger partial charge on any atom is 0.267 e. The molecule has 0 aliphatic carbocycles. The zero-order chi connectivity index (χ0) is 15.3. The molecule has 0 spiro atoms. The van der Waals surface area contributed by atoms with Crippen LogP contribution in [-0.2, 0) is 4.79 Å². The van der Waals surface area contributed by atoms with Crippen LogP contribution in [0.15, 0.2) is 18.3 Å². The number of carbonyl (C=O) groups excluding carboxylic acids is 2. The molecule has 0 aliphatic heterocycles. The minimum atomic E-state index is -2.36. The third kappa shape index (κ3) is 4.85. The van der Waals surface area contributed by atoms with E-state index in [1.807, 2.05) is 13.8 Å². The van der Waals surface area contributed by atoms with Gasteiger partial charge in [0.15, 0.2) is 8.38 Å². The lowest BCUT2D eigenvalue weighted by Crippen LogP contribution is -2.28. The largest absolute Gasteiger partial charge is 0.364 e. The molecule has 5 N–H and O–H groups in total. The fourth-order valence-electron chi connectivity index (χ4n) is 1.59. The maximum absolute atomic E-state index is 12.0. The summed E-state index contributed by atoms with van der Waals surface area (Å²) in [4.78, 5) is 45.2. The zero-order valence-corrected chi connectivity index (χ0v) is 12.2. The normalized spacial score (nSPS) is 12.5. The lowest BCUT2D eigenvalue weighted by Gasteiger charge is -2.19. The SMILES string of the molecule is CC(C)CC(C(=O)Nc1ccc(C(N)=O)nc1)P(O)O. The Morgan fingerprint density at radius 3 is 2.45 bits per heavy atom. The van der Waals surface area contributed by atoms with E-state index in [0.29, 0.717) is 12.1 Å². The molecule has 0 aromatic carbocycles. The van der Waals surface area contributed by atoms with Crippen molar-refractivity contribution in [2.45, 2.75) is 25.9 Å². The van der Waals surface area contributed by atoms with Crippen LogP contribution in [0.1, 0.15) is 30.8 Å². The third-order valence-electron chi connectivity index (χ3n) is 2.56. The average molecular weight is 299 g/mol. The molecule has 2 amide bonds. The first-order valence-corrected chi connectivity index (χ1v) is 7.36. The Morgan fingerprint density at radius 2 is 2.05 bits per heavy atom. The van der Waals surface area contributed by atoms with Crippen molar-refractivity contribution < 1.29 is 19.4 Å². The number of nitrogens with zero attached hydrogens (tertiary/aromatic N) is 1. The first-order valence-electron chi connectivity index (χ1n) is 6.05. The van der Waals surface area contributed by atoms with E-state index in [1.54, 1.807) is 0 Å². The predicted octanol–water partition coefficient (Wildman–Crippen LogP) is 0.830. The second kappa shape index (κ2) is 7.28. The Labute approximate surface area is 118 Å². The fraction of sp³-hybridized carbons (Fsp3) is 0.417. The van der Waals surface area contributed by atoms with E-state index in [0.717, 1.165) is 0 Å². The van der Waals surface area contributed by atoms with Crippen LogP contribution in [0.3, 0.4) is 0 Å². The van der Waals surface area contributed by atoms with Crippen LogP contribution in [0, 0.1) is 5.92 Å². The van der Waals surface area contributed by atoms with Crippen molar-refractivity contribution in [2.75, 3.05) is 5.32 Å². The van der Waals surface area contributed by atoms with Gasteiger partial charge in [0.05, 0.1) is 11.9 Å². The van der Waals surface area contributed by atoms with Crippen molar-refractivity contribution in [1.82, 2.24) is 4.98 Å². The summed E-state index contributed by atoms with van der Waals surface area (Å²) >= 11 is 0. The summed E-state index contributed by atoms with van der Waals surface area (Å²) in [6, 6.07) is 2.87. The summed E-state index contributed by atoms with van der Waals surface area (Å²) in [6.07, 6.45) is 1.67. The van der Waals surface area contributed by atoms with Crippen molar-refractivity contribution in [3.8, 4) is 0 Å². The average Bonchev–Trinajstić information content (AvgIpc) is 2.35. The molecule has 0 saturated heterocycles. The highest BCUT2D eigenvalue weighted by atomic mass is 31.2. The van der Waals surface area contributed by atoms with Gasteiger partial charge in [-0.1, -0.05) is 13.8 Å². The summed E-state index contributed by atoms with van der Waals surface area (Å²) in [5, 5.41) is 2.54. The van der Waals surface area contributed by atoms with Crippen LogP contribution in [0.2, 0.25) is 0 Å². The van der Waals surface area contributed by atoms with Crippen molar-refractivity contribution in [1.29, 1.82) is 0 Å². The lowest BCUT2D eigenvalue weighted by molar-refractivity contribution is -0.116. The molecule has 0 bridgehead atoms. The molecular weight excluding hydrogens is 281 g/mol. The van der Waals surface area contributed by atoms with E-state index in [4.69, 9.17) is 5.73 Å². The van der Waals surface area contributed by atoms with Gasteiger partial charge in [-0.25, -0.2) is 4.98 Å². The van der Waals surface area contributed by atoms with Crippen LogP contribution >= 0.6 is 8.38 Å². The Hall–Kier alpha value is -1.56. The Bertz CT molecular complexity index is 476. The summed E-state index contributed by atoms with van der Waals surface area (Å²) in [5.74, 6) is -0.983. The molecule has 110 valence electrons. The molecule has 0 fully saturated rings. The van der Waals surface area contributed by atoms with E-state index in [-0.39, 0.29) is 11.6 Å². The van der Waals surface area contributed by atoms with E-state index in [9.17, 15) is 19.4 Å². The monoisotopic (exact) mass is 299 g/mol. The first kappa shape index (κ1) is 16.5. The van der Waals surface area contributed by atoms with Crippen LogP contribution in [0.25, 0.3) is 0 Å².